The molecule has 1 amide bonds. The van der Waals surface area contributed by atoms with E-state index < -0.39 is 5.91 Å². The van der Waals surface area contributed by atoms with E-state index >= 15 is 0 Å². The number of carbonyl (C=O) groups is 1. The molecule has 0 aliphatic heterocycles. The van der Waals surface area contributed by atoms with Gasteiger partial charge in [-0.2, -0.15) is 0 Å². The lowest BCUT2D eigenvalue weighted by atomic mass is 10.0. The number of rotatable bonds is 2. The number of nitrogens with zero attached hydrogens (tertiary/aromatic N) is 1. The maximum absolute atomic E-state index is 11.3. The molecule has 1 aromatic heterocycles. The van der Waals surface area contributed by atoms with Gasteiger partial charge in [-0.15, -0.1) is 0 Å². The fourth-order valence-corrected chi connectivity index (χ4v) is 1.57. The lowest BCUT2D eigenvalue weighted by molar-refractivity contribution is 0.100. The molecule has 0 unspecified atom stereocenters. The van der Waals surface area contributed by atoms with Crippen molar-refractivity contribution in [3.05, 3.63) is 53.9 Å². The van der Waals surface area contributed by atoms with Crippen molar-refractivity contribution in [2.75, 3.05) is 0 Å². The average molecular weight is 212 g/mol. The number of amides is 1. The summed E-state index contributed by atoms with van der Waals surface area (Å²) < 4.78 is 0. The van der Waals surface area contributed by atoms with Crippen LogP contribution in [-0.4, -0.2) is 10.9 Å². The van der Waals surface area contributed by atoms with E-state index in [0.29, 0.717) is 5.56 Å². The highest BCUT2D eigenvalue weighted by Crippen LogP contribution is 2.22. The van der Waals surface area contributed by atoms with Crippen molar-refractivity contribution in [2.45, 2.75) is 6.92 Å². The van der Waals surface area contributed by atoms with Gasteiger partial charge in [-0.05, 0) is 18.6 Å². The summed E-state index contributed by atoms with van der Waals surface area (Å²) in [7, 11) is 0. The van der Waals surface area contributed by atoms with Gasteiger partial charge in [0, 0.05) is 23.5 Å². The Morgan fingerprint density at radius 3 is 2.50 bits per heavy atom. The third-order valence-electron chi connectivity index (χ3n) is 2.45. The first-order valence-electron chi connectivity index (χ1n) is 4.99. The second kappa shape index (κ2) is 4.14. The number of nitrogens with two attached hydrogens (primary N) is 1. The number of benzene rings is 1. The molecule has 2 aromatic rings. The molecule has 3 heteroatoms. The zero-order chi connectivity index (χ0) is 11.5. The fraction of sp³-hybridized carbons (Fsp3) is 0.0769. The number of aryl methyl sites for hydroxylation is 1. The molecule has 3 nitrogen and oxygen atoms in total. The van der Waals surface area contributed by atoms with Crippen molar-refractivity contribution < 1.29 is 4.79 Å². The van der Waals surface area contributed by atoms with Crippen LogP contribution < -0.4 is 5.73 Å². The lowest BCUT2D eigenvalue weighted by Gasteiger charge is -2.06. The van der Waals surface area contributed by atoms with Crippen LogP contribution in [0.1, 0.15) is 15.9 Å². The zero-order valence-corrected chi connectivity index (χ0v) is 8.97. The number of primary amides is 1. The van der Waals surface area contributed by atoms with Crippen molar-refractivity contribution in [1.29, 1.82) is 0 Å². The Morgan fingerprint density at radius 1 is 1.19 bits per heavy atom. The van der Waals surface area contributed by atoms with Crippen LogP contribution >= 0.6 is 0 Å². The summed E-state index contributed by atoms with van der Waals surface area (Å²) in [4.78, 5) is 15.3. The van der Waals surface area contributed by atoms with Gasteiger partial charge in [-0.3, -0.25) is 9.78 Å². The topological polar surface area (TPSA) is 56.0 Å². The maximum Gasteiger partial charge on any atom is 0.249 e. The summed E-state index contributed by atoms with van der Waals surface area (Å²) >= 11 is 0. The van der Waals surface area contributed by atoms with Crippen LogP contribution in [0.15, 0.2) is 42.7 Å². The number of aromatic nitrogens is 1. The second-order valence-corrected chi connectivity index (χ2v) is 3.65. The monoisotopic (exact) mass is 212 g/mol. The highest BCUT2D eigenvalue weighted by Gasteiger charge is 2.08. The first kappa shape index (κ1) is 10.4. The summed E-state index contributed by atoms with van der Waals surface area (Å²) in [6.45, 7) is 2.02. The molecular formula is C13H12N2O. The highest BCUT2D eigenvalue weighted by atomic mass is 16.1. The summed E-state index contributed by atoms with van der Waals surface area (Å²) in [6, 6.07) is 9.54. The second-order valence-electron chi connectivity index (χ2n) is 3.65. The largest absolute Gasteiger partial charge is 0.366 e. The fourth-order valence-electron chi connectivity index (χ4n) is 1.57. The molecule has 0 radical (unpaired) electrons. The van der Waals surface area contributed by atoms with Crippen LogP contribution in [0, 0.1) is 6.92 Å². The Morgan fingerprint density at radius 2 is 1.88 bits per heavy atom. The standard InChI is InChI=1S/C13H12N2O/c1-9-2-4-10(5-3-9)12-8-15-7-6-11(12)13(14)16/h2-8H,1H3,(H2,14,16). The quantitative estimate of drug-likeness (QED) is 0.829. The molecule has 0 aliphatic carbocycles. The number of hydrogen-bond donors (Lipinski definition) is 1. The predicted octanol–water partition coefficient (Wildman–Crippen LogP) is 2.16. The van der Waals surface area contributed by atoms with Gasteiger partial charge in [-0.25, -0.2) is 0 Å². The van der Waals surface area contributed by atoms with Gasteiger partial charge in [0.05, 0.1) is 0 Å². The molecular weight excluding hydrogens is 200 g/mol. The van der Waals surface area contributed by atoms with Gasteiger partial charge in [0.25, 0.3) is 0 Å². The molecule has 80 valence electrons. The van der Waals surface area contributed by atoms with E-state index in [-0.39, 0.29) is 0 Å². The first-order chi connectivity index (χ1) is 7.68. The Balaban J connectivity index is 2.55. The Kier molecular flexibility index (Phi) is 2.68. The van der Waals surface area contributed by atoms with Crippen LogP contribution in [-0.2, 0) is 0 Å². The van der Waals surface area contributed by atoms with E-state index in [1.165, 1.54) is 5.56 Å². The van der Waals surface area contributed by atoms with Crippen molar-refractivity contribution >= 4 is 5.91 Å². The van der Waals surface area contributed by atoms with Crippen LogP contribution in [0.3, 0.4) is 0 Å². The predicted molar refractivity (Wildman–Crippen MR) is 62.9 cm³/mol. The van der Waals surface area contributed by atoms with Crippen LogP contribution in [0.5, 0.6) is 0 Å². The molecule has 16 heavy (non-hydrogen) atoms. The van der Waals surface area contributed by atoms with E-state index in [1.54, 1.807) is 18.5 Å². The number of hydrogen-bond acceptors (Lipinski definition) is 2. The van der Waals surface area contributed by atoms with Crippen molar-refractivity contribution in [3.8, 4) is 11.1 Å². The summed E-state index contributed by atoms with van der Waals surface area (Å²) in [5, 5.41) is 0. The van der Waals surface area contributed by atoms with Crippen molar-refractivity contribution in [3.63, 3.8) is 0 Å². The molecule has 2 rings (SSSR count). The third kappa shape index (κ3) is 1.93. The molecule has 0 saturated heterocycles. The smallest absolute Gasteiger partial charge is 0.249 e. The molecule has 1 heterocycles. The van der Waals surface area contributed by atoms with Gasteiger partial charge in [0.2, 0.25) is 5.91 Å². The van der Waals surface area contributed by atoms with Gasteiger partial charge < -0.3 is 5.73 Å². The number of carbonyl (C=O) groups excluding carboxylic acids is 1. The minimum atomic E-state index is -0.432. The molecule has 0 bridgehead atoms. The van der Waals surface area contributed by atoms with Gasteiger partial charge in [-0.1, -0.05) is 29.8 Å². The summed E-state index contributed by atoms with van der Waals surface area (Å²) in [5.74, 6) is -0.432. The van der Waals surface area contributed by atoms with E-state index in [0.717, 1.165) is 11.1 Å². The van der Waals surface area contributed by atoms with Gasteiger partial charge in [0.1, 0.15) is 0 Å². The minimum Gasteiger partial charge on any atom is -0.366 e. The lowest BCUT2D eigenvalue weighted by Crippen LogP contribution is -2.12. The summed E-state index contributed by atoms with van der Waals surface area (Å²) in [5.41, 5.74) is 8.71. The van der Waals surface area contributed by atoms with Gasteiger partial charge >= 0.3 is 0 Å². The van der Waals surface area contributed by atoms with Gasteiger partial charge in [0.15, 0.2) is 0 Å². The molecule has 0 fully saturated rings. The SMILES string of the molecule is Cc1ccc(-c2cnccc2C(N)=O)cc1. The Hall–Kier alpha value is -2.16. The van der Waals surface area contributed by atoms with E-state index in [9.17, 15) is 4.79 Å². The van der Waals surface area contributed by atoms with Crippen molar-refractivity contribution in [1.82, 2.24) is 4.98 Å². The zero-order valence-electron chi connectivity index (χ0n) is 8.97. The normalized spacial score (nSPS) is 10.1. The Labute approximate surface area is 93.9 Å². The molecule has 0 atom stereocenters. The number of pyridine rings is 1. The molecule has 2 N–H and O–H groups in total. The average Bonchev–Trinajstić information content (AvgIpc) is 2.30. The first-order valence-corrected chi connectivity index (χ1v) is 4.99. The molecule has 0 aliphatic rings. The van der Waals surface area contributed by atoms with Crippen LogP contribution in [0.2, 0.25) is 0 Å². The van der Waals surface area contributed by atoms with Crippen molar-refractivity contribution in [2.24, 2.45) is 5.73 Å². The maximum atomic E-state index is 11.3. The van der Waals surface area contributed by atoms with Crippen LogP contribution in [0.4, 0.5) is 0 Å². The molecule has 0 spiro atoms. The Bertz CT molecular complexity index is 518. The molecule has 1 aromatic carbocycles. The minimum absolute atomic E-state index is 0.432. The highest BCUT2D eigenvalue weighted by molar-refractivity contribution is 5.99. The van der Waals surface area contributed by atoms with E-state index in [1.807, 2.05) is 31.2 Å². The third-order valence-corrected chi connectivity index (χ3v) is 2.45. The van der Waals surface area contributed by atoms with Crippen LogP contribution in [0.25, 0.3) is 11.1 Å². The molecule has 0 saturated carbocycles. The van der Waals surface area contributed by atoms with E-state index in [4.69, 9.17) is 5.73 Å². The summed E-state index contributed by atoms with van der Waals surface area (Å²) in [6.07, 6.45) is 3.22. The van der Waals surface area contributed by atoms with E-state index in [2.05, 4.69) is 4.98 Å².